The first kappa shape index (κ1) is 11.9. The number of hydrogen-bond acceptors (Lipinski definition) is 3. The van der Waals surface area contributed by atoms with E-state index in [1.807, 2.05) is 4.90 Å². The maximum Gasteiger partial charge on any atom is 0.224 e. The van der Waals surface area contributed by atoms with Gasteiger partial charge in [-0.2, -0.15) is 0 Å². The summed E-state index contributed by atoms with van der Waals surface area (Å²) in [6.07, 6.45) is 6.55. The number of carbonyl (C=O) groups is 1. The molecule has 2 aliphatic rings. The largest absolute Gasteiger partial charge is 0.395 e. The van der Waals surface area contributed by atoms with Gasteiger partial charge in [-0.25, -0.2) is 0 Å². The third kappa shape index (κ3) is 3.19. The number of rotatable bonds is 7. The molecule has 0 spiro atoms. The highest BCUT2D eigenvalue weighted by Crippen LogP contribution is 2.25. The number of hydrogen-bond donors (Lipinski definition) is 2. The van der Waals surface area contributed by atoms with Crippen LogP contribution in [-0.4, -0.2) is 47.7 Å². The number of aliphatic hydroxyl groups excluding tert-OH is 1. The molecule has 92 valence electrons. The van der Waals surface area contributed by atoms with Gasteiger partial charge in [0.25, 0.3) is 0 Å². The maximum atomic E-state index is 11.9. The van der Waals surface area contributed by atoms with Crippen molar-refractivity contribution in [2.75, 3.05) is 19.7 Å². The summed E-state index contributed by atoms with van der Waals surface area (Å²) < 4.78 is 0. The van der Waals surface area contributed by atoms with Crippen LogP contribution in [0, 0.1) is 0 Å². The molecule has 2 saturated carbocycles. The maximum absolute atomic E-state index is 11.9. The van der Waals surface area contributed by atoms with Gasteiger partial charge in [0.05, 0.1) is 6.61 Å². The van der Waals surface area contributed by atoms with Crippen LogP contribution < -0.4 is 5.32 Å². The second-order valence-electron chi connectivity index (χ2n) is 4.87. The van der Waals surface area contributed by atoms with Crippen molar-refractivity contribution in [3.63, 3.8) is 0 Å². The Morgan fingerprint density at radius 2 is 2.06 bits per heavy atom. The van der Waals surface area contributed by atoms with Crippen LogP contribution in [0.2, 0.25) is 0 Å². The van der Waals surface area contributed by atoms with Gasteiger partial charge in [0.15, 0.2) is 0 Å². The van der Waals surface area contributed by atoms with Crippen molar-refractivity contribution in [2.45, 2.75) is 50.6 Å². The molecule has 0 heterocycles. The summed E-state index contributed by atoms with van der Waals surface area (Å²) in [6.45, 7) is 1.38. The Kier molecular flexibility index (Phi) is 4.18. The molecule has 0 aliphatic heterocycles. The summed E-state index contributed by atoms with van der Waals surface area (Å²) in [4.78, 5) is 13.8. The average molecular weight is 226 g/mol. The van der Waals surface area contributed by atoms with Crippen molar-refractivity contribution in [1.82, 2.24) is 10.2 Å². The molecule has 0 unspecified atom stereocenters. The van der Waals surface area contributed by atoms with Gasteiger partial charge in [0.2, 0.25) is 5.91 Å². The number of nitrogens with zero attached hydrogens (tertiary/aromatic N) is 1. The molecule has 2 fully saturated rings. The molecule has 4 nitrogen and oxygen atoms in total. The summed E-state index contributed by atoms with van der Waals surface area (Å²) in [6, 6.07) is 1.07. The number of carbonyl (C=O) groups excluding carboxylic acids is 1. The van der Waals surface area contributed by atoms with Crippen LogP contribution in [0.15, 0.2) is 0 Å². The highest BCUT2D eigenvalue weighted by molar-refractivity contribution is 5.76. The summed E-state index contributed by atoms with van der Waals surface area (Å²) in [5.41, 5.74) is 0. The van der Waals surface area contributed by atoms with Crippen molar-refractivity contribution in [1.29, 1.82) is 0 Å². The van der Waals surface area contributed by atoms with E-state index in [1.54, 1.807) is 0 Å². The molecule has 4 heteroatoms. The molecular weight excluding hydrogens is 204 g/mol. The Morgan fingerprint density at radius 1 is 1.31 bits per heavy atom. The zero-order valence-electron chi connectivity index (χ0n) is 9.82. The number of amides is 1. The van der Waals surface area contributed by atoms with Crippen LogP contribution in [0.4, 0.5) is 0 Å². The molecule has 2 rings (SSSR count). The van der Waals surface area contributed by atoms with Gasteiger partial charge in [-0.3, -0.25) is 4.79 Å². The third-order valence-electron chi connectivity index (χ3n) is 3.53. The van der Waals surface area contributed by atoms with Crippen LogP contribution in [0.3, 0.4) is 0 Å². The van der Waals surface area contributed by atoms with Gasteiger partial charge in [0, 0.05) is 31.6 Å². The van der Waals surface area contributed by atoms with Crippen LogP contribution in [-0.2, 0) is 4.79 Å². The smallest absolute Gasteiger partial charge is 0.224 e. The molecule has 0 bridgehead atoms. The van der Waals surface area contributed by atoms with Crippen molar-refractivity contribution < 1.29 is 9.90 Å². The first-order chi connectivity index (χ1) is 7.81. The number of nitrogens with one attached hydrogen (secondary N) is 1. The van der Waals surface area contributed by atoms with E-state index in [1.165, 1.54) is 19.3 Å². The topological polar surface area (TPSA) is 52.6 Å². The van der Waals surface area contributed by atoms with Gasteiger partial charge >= 0.3 is 0 Å². The molecular formula is C12H22N2O2. The van der Waals surface area contributed by atoms with Gasteiger partial charge in [-0.15, -0.1) is 0 Å². The van der Waals surface area contributed by atoms with Gasteiger partial charge in [0.1, 0.15) is 0 Å². The van der Waals surface area contributed by atoms with E-state index in [4.69, 9.17) is 5.11 Å². The highest BCUT2D eigenvalue weighted by atomic mass is 16.3. The molecule has 2 N–H and O–H groups in total. The fourth-order valence-corrected chi connectivity index (χ4v) is 2.13. The lowest BCUT2D eigenvalue weighted by Crippen LogP contribution is -2.46. The SMILES string of the molecule is O=C(CCNC1CC1)N(CCO)C1CCC1. The van der Waals surface area contributed by atoms with Gasteiger partial charge in [-0.1, -0.05) is 0 Å². The number of aliphatic hydroxyl groups is 1. The Morgan fingerprint density at radius 3 is 2.56 bits per heavy atom. The highest BCUT2D eigenvalue weighted by Gasteiger charge is 2.28. The fourth-order valence-electron chi connectivity index (χ4n) is 2.13. The standard InChI is InChI=1S/C12H22N2O2/c15-9-8-14(11-2-1-3-11)12(16)6-7-13-10-4-5-10/h10-11,13,15H,1-9H2. The summed E-state index contributed by atoms with van der Waals surface area (Å²) in [7, 11) is 0. The molecule has 0 aromatic carbocycles. The minimum absolute atomic E-state index is 0.0816. The van der Waals surface area contributed by atoms with Gasteiger partial charge in [-0.05, 0) is 32.1 Å². The van der Waals surface area contributed by atoms with Crippen molar-refractivity contribution in [3.05, 3.63) is 0 Å². The summed E-state index contributed by atoms with van der Waals surface area (Å²) in [5.74, 6) is 0.201. The second kappa shape index (κ2) is 5.64. The van der Waals surface area contributed by atoms with E-state index in [9.17, 15) is 4.79 Å². The lowest BCUT2D eigenvalue weighted by atomic mass is 9.91. The predicted octanol–water partition coefficient (Wildman–Crippen LogP) is 0.502. The van der Waals surface area contributed by atoms with E-state index in [0.717, 1.165) is 19.4 Å². The predicted molar refractivity (Wildman–Crippen MR) is 62.1 cm³/mol. The summed E-state index contributed by atoms with van der Waals surface area (Å²) in [5, 5.41) is 12.3. The molecule has 0 aromatic rings. The first-order valence-corrected chi connectivity index (χ1v) is 6.45. The Labute approximate surface area is 97.0 Å². The average Bonchev–Trinajstić information content (AvgIpc) is 2.98. The van der Waals surface area contributed by atoms with E-state index in [-0.39, 0.29) is 12.5 Å². The zero-order valence-corrected chi connectivity index (χ0v) is 9.82. The monoisotopic (exact) mass is 226 g/mol. The van der Waals surface area contributed by atoms with Crippen molar-refractivity contribution in [3.8, 4) is 0 Å². The quantitative estimate of drug-likeness (QED) is 0.665. The van der Waals surface area contributed by atoms with Crippen molar-refractivity contribution >= 4 is 5.91 Å². The van der Waals surface area contributed by atoms with E-state index >= 15 is 0 Å². The molecule has 0 aromatic heterocycles. The lowest BCUT2D eigenvalue weighted by Gasteiger charge is -2.37. The molecule has 1 amide bonds. The molecule has 0 atom stereocenters. The second-order valence-corrected chi connectivity index (χ2v) is 4.87. The van der Waals surface area contributed by atoms with Crippen LogP contribution in [0.25, 0.3) is 0 Å². The first-order valence-electron chi connectivity index (χ1n) is 6.45. The van der Waals surface area contributed by atoms with E-state index < -0.39 is 0 Å². The molecule has 2 aliphatic carbocycles. The fraction of sp³-hybridized carbons (Fsp3) is 0.917. The third-order valence-corrected chi connectivity index (χ3v) is 3.53. The van der Waals surface area contributed by atoms with E-state index in [2.05, 4.69) is 5.32 Å². The van der Waals surface area contributed by atoms with Crippen LogP contribution in [0.1, 0.15) is 38.5 Å². The normalized spacial score (nSPS) is 20.6. The Hall–Kier alpha value is -0.610. The van der Waals surface area contributed by atoms with Crippen LogP contribution >= 0.6 is 0 Å². The van der Waals surface area contributed by atoms with Crippen LogP contribution in [0.5, 0.6) is 0 Å². The molecule has 16 heavy (non-hydrogen) atoms. The zero-order chi connectivity index (χ0) is 11.4. The Balaban J connectivity index is 1.69. The van der Waals surface area contributed by atoms with Gasteiger partial charge < -0.3 is 15.3 Å². The van der Waals surface area contributed by atoms with Crippen molar-refractivity contribution in [2.24, 2.45) is 0 Å². The minimum atomic E-state index is 0.0816. The van der Waals surface area contributed by atoms with E-state index in [0.29, 0.717) is 25.0 Å². The minimum Gasteiger partial charge on any atom is -0.395 e. The lowest BCUT2D eigenvalue weighted by molar-refractivity contribution is -0.135. The summed E-state index contributed by atoms with van der Waals surface area (Å²) >= 11 is 0. The Bertz CT molecular complexity index is 237. The molecule has 0 saturated heterocycles. The molecule has 0 radical (unpaired) electrons.